The molecule has 0 spiro atoms. The van der Waals surface area contributed by atoms with Crippen LogP contribution in [0.15, 0.2) is 42.5 Å². The Labute approximate surface area is 180 Å². The van der Waals surface area contributed by atoms with Gasteiger partial charge in [0.2, 0.25) is 0 Å². The first kappa shape index (κ1) is 24.4. The molecule has 168 valence electrons. The van der Waals surface area contributed by atoms with Crippen LogP contribution in [0.2, 0.25) is 0 Å². The van der Waals surface area contributed by atoms with Crippen molar-refractivity contribution in [2.45, 2.75) is 45.7 Å². The SMILES string of the molecule is CCCCC(C)CN(C)C(=O)c1ccc(-c2ccccc2C(F)(F)F)cc1CC(=O)O. The molecule has 0 fully saturated rings. The minimum Gasteiger partial charge on any atom is -0.481 e. The van der Waals surface area contributed by atoms with Gasteiger partial charge in [-0.1, -0.05) is 51.0 Å². The molecule has 0 bridgehead atoms. The van der Waals surface area contributed by atoms with Crippen molar-refractivity contribution in [2.75, 3.05) is 13.6 Å². The van der Waals surface area contributed by atoms with Gasteiger partial charge in [0.15, 0.2) is 0 Å². The molecule has 7 heteroatoms. The van der Waals surface area contributed by atoms with Gasteiger partial charge in [-0.25, -0.2) is 0 Å². The maximum atomic E-state index is 13.4. The zero-order valence-corrected chi connectivity index (χ0v) is 18.0. The van der Waals surface area contributed by atoms with Gasteiger partial charge in [-0.15, -0.1) is 0 Å². The number of carboxylic acid groups (broad SMARTS) is 1. The highest BCUT2D eigenvalue weighted by atomic mass is 19.4. The van der Waals surface area contributed by atoms with Crippen LogP contribution in [-0.4, -0.2) is 35.5 Å². The van der Waals surface area contributed by atoms with Crippen LogP contribution in [0.3, 0.4) is 0 Å². The third-order valence-electron chi connectivity index (χ3n) is 5.20. The van der Waals surface area contributed by atoms with E-state index < -0.39 is 24.1 Å². The van der Waals surface area contributed by atoms with Crippen LogP contribution in [0.25, 0.3) is 11.1 Å². The number of rotatable bonds is 9. The molecule has 31 heavy (non-hydrogen) atoms. The molecule has 1 N–H and O–H groups in total. The highest BCUT2D eigenvalue weighted by Crippen LogP contribution is 2.37. The van der Waals surface area contributed by atoms with Crippen LogP contribution in [0, 0.1) is 5.92 Å². The average Bonchev–Trinajstić information content (AvgIpc) is 2.70. The molecule has 4 nitrogen and oxygen atoms in total. The molecule has 0 aliphatic rings. The summed E-state index contributed by atoms with van der Waals surface area (Å²) in [5.74, 6) is -1.21. The number of alkyl halides is 3. The molecule has 0 aromatic heterocycles. The lowest BCUT2D eigenvalue weighted by atomic mass is 9.93. The molecule has 1 unspecified atom stereocenters. The average molecular weight is 435 g/mol. The molecule has 0 aliphatic heterocycles. The summed E-state index contributed by atoms with van der Waals surface area (Å²) in [5, 5.41) is 9.29. The Kier molecular flexibility index (Phi) is 8.25. The van der Waals surface area contributed by atoms with E-state index in [9.17, 15) is 27.9 Å². The summed E-state index contributed by atoms with van der Waals surface area (Å²) in [7, 11) is 1.65. The Morgan fingerprint density at radius 1 is 1.13 bits per heavy atom. The summed E-state index contributed by atoms with van der Waals surface area (Å²) in [5.41, 5.74) is -0.250. The number of aliphatic carboxylic acids is 1. The number of hydrogen-bond donors (Lipinski definition) is 1. The first-order chi connectivity index (χ1) is 14.5. The zero-order valence-electron chi connectivity index (χ0n) is 18.0. The number of amides is 1. The number of hydrogen-bond acceptors (Lipinski definition) is 2. The van der Waals surface area contributed by atoms with Gasteiger partial charge < -0.3 is 10.0 Å². The van der Waals surface area contributed by atoms with Gasteiger partial charge in [0, 0.05) is 19.2 Å². The molecule has 2 aromatic rings. The van der Waals surface area contributed by atoms with Crippen LogP contribution in [0.4, 0.5) is 13.2 Å². The molecule has 1 atom stereocenters. The van der Waals surface area contributed by atoms with E-state index in [1.54, 1.807) is 11.9 Å². The first-order valence-electron chi connectivity index (χ1n) is 10.3. The van der Waals surface area contributed by atoms with Crippen LogP contribution < -0.4 is 0 Å². The summed E-state index contributed by atoms with van der Waals surface area (Å²) < 4.78 is 40.2. The second-order valence-corrected chi connectivity index (χ2v) is 7.92. The van der Waals surface area contributed by atoms with E-state index >= 15 is 0 Å². The molecule has 1 amide bonds. The van der Waals surface area contributed by atoms with E-state index in [4.69, 9.17) is 0 Å². The predicted octanol–water partition coefficient (Wildman–Crippen LogP) is 5.90. The second-order valence-electron chi connectivity index (χ2n) is 7.92. The summed E-state index contributed by atoms with van der Waals surface area (Å²) in [6.07, 6.45) is -1.91. The molecule has 0 aliphatic carbocycles. The summed E-state index contributed by atoms with van der Waals surface area (Å²) >= 11 is 0. The topological polar surface area (TPSA) is 57.6 Å². The number of unbranched alkanes of at least 4 members (excludes halogenated alkanes) is 1. The number of carbonyl (C=O) groups is 2. The molecule has 0 saturated carbocycles. The Hall–Kier alpha value is -2.83. The fraction of sp³-hybridized carbons (Fsp3) is 0.417. The predicted molar refractivity (Wildman–Crippen MR) is 114 cm³/mol. The number of nitrogens with zero attached hydrogens (tertiary/aromatic N) is 1. The Balaban J connectivity index is 2.41. The van der Waals surface area contributed by atoms with Crippen molar-refractivity contribution >= 4 is 11.9 Å². The van der Waals surface area contributed by atoms with Gasteiger partial charge >= 0.3 is 12.1 Å². The highest BCUT2D eigenvalue weighted by molar-refractivity contribution is 5.97. The lowest BCUT2D eigenvalue weighted by Gasteiger charge is -2.23. The van der Waals surface area contributed by atoms with E-state index in [1.807, 2.05) is 0 Å². The molecular weight excluding hydrogens is 407 g/mol. The minimum atomic E-state index is -4.55. The van der Waals surface area contributed by atoms with Crippen LogP contribution >= 0.6 is 0 Å². The molecule has 2 rings (SSSR count). The van der Waals surface area contributed by atoms with Crippen molar-refractivity contribution in [1.82, 2.24) is 4.90 Å². The number of carbonyl (C=O) groups excluding carboxylic acids is 1. The van der Waals surface area contributed by atoms with Crippen molar-refractivity contribution in [3.05, 3.63) is 59.2 Å². The lowest BCUT2D eigenvalue weighted by molar-refractivity contribution is -0.137. The maximum Gasteiger partial charge on any atom is 0.417 e. The van der Waals surface area contributed by atoms with Gasteiger partial charge in [0.25, 0.3) is 5.91 Å². The molecule has 0 heterocycles. The monoisotopic (exact) mass is 435 g/mol. The van der Waals surface area contributed by atoms with E-state index in [0.717, 1.165) is 25.3 Å². The van der Waals surface area contributed by atoms with Gasteiger partial charge in [0.1, 0.15) is 0 Å². The number of carboxylic acids is 1. The van der Waals surface area contributed by atoms with E-state index in [1.165, 1.54) is 36.4 Å². The highest BCUT2D eigenvalue weighted by Gasteiger charge is 2.33. The standard InChI is InChI=1S/C24H28F3NO3/c1-4-5-8-16(2)15-28(3)23(31)20-12-11-17(13-18(20)14-22(29)30)19-9-6-7-10-21(19)24(25,26)27/h6-7,9-13,16H,4-5,8,14-15H2,1-3H3,(H,29,30). The van der Waals surface area contributed by atoms with E-state index in [-0.39, 0.29) is 34.1 Å². The molecule has 0 radical (unpaired) electrons. The first-order valence-corrected chi connectivity index (χ1v) is 10.3. The second kappa shape index (κ2) is 10.5. The van der Waals surface area contributed by atoms with Gasteiger partial charge in [-0.2, -0.15) is 13.2 Å². The number of benzene rings is 2. The largest absolute Gasteiger partial charge is 0.481 e. The van der Waals surface area contributed by atoms with E-state index in [2.05, 4.69) is 13.8 Å². The third kappa shape index (κ3) is 6.57. The van der Waals surface area contributed by atoms with Crippen LogP contribution in [0.1, 0.15) is 54.6 Å². The minimum absolute atomic E-state index is 0.0535. The molecule has 2 aromatic carbocycles. The van der Waals surface area contributed by atoms with Gasteiger partial charge in [-0.05, 0) is 47.2 Å². The van der Waals surface area contributed by atoms with Gasteiger partial charge in [0.05, 0.1) is 12.0 Å². The fourth-order valence-electron chi connectivity index (χ4n) is 3.66. The lowest BCUT2D eigenvalue weighted by Crippen LogP contribution is -2.32. The van der Waals surface area contributed by atoms with E-state index in [0.29, 0.717) is 6.54 Å². The summed E-state index contributed by atoms with van der Waals surface area (Å²) in [4.78, 5) is 25.9. The Bertz CT molecular complexity index is 925. The zero-order chi connectivity index (χ0) is 23.2. The summed E-state index contributed by atoms with van der Waals surface area (Å²) in [6.45, 7) is 4.66. The van der Waals surface area contributed by atoms with Crippen molar-refractivity contribution in [3.63, 3.8) is 0 Å². The molecule has 0 saturated heterocycles. The third-order valence-corrected chi connectivity index (χ3v) is 5.20. The Morgan fingerprint density at radius 2 is 1.81 bits per heavy atom. The fourth-order valence-corrected chi connectivity index (χ4v) is 3.66. The normalized spacial score (nSPS) is 12.5. The Morgan fingerprint density at radius 3 is 2.42 bits per heavy atom. The smallest absolute Gasteiger partial charge is 0.417 e. The van der Waals surface area contributed by atoms with Crippen molar-refractivity contribution < 1.29 is 27.9 Å². The molecular formula is C24H28F3NO3. The van der Waals surface area contributed by atoms with Crippen molar-refractivity contribution in [1.29, 1.82) is 0 Å². The van der Waals surface area contributed by atoms with Crippen LogP contribution in [-0.2, 0) is 17.4 Å². The summed E-state index contributed by atoms with van der Waals surface area (Å²) in [6, 6.07) is 9.36. The number of halogens is 3. The quantitative estimate of drug-likeness (QED) is 0.534. The van der Waals surface area contributed by atoms with Gasteiger partial charge in [-0.3, -0.25) is 9.59 Å². The van der Waals surface area contributed by atoms with Crippen LogP contribution in [0.5, 0.6) is 0 Å². The van der Waals surface area contributed by atoms with Crippen molar-refractivity contribution in [3.8, 4) is 11.1 Å². The maximum absolute atomic E-state index is 13.4. The van der Waals surface area contributed by atoms with Crippen molar-refractivity contribution in [2.24, 2.45) is 5.92 Å².